The predicted molar refractivity (Wildman–Crippen MR) is 136 cm³/mol. The lowest BCUT2D eigenvalue weighted by atomic mass is 9.48. The fourth-order valence-electron chi connectivity index (χ4n) is 8.51. The normalized spacial score (nSPS) is 44.6. The van der Waals surface area contributed by atoms with Crippen LogP contribution in [0.2, 0.25) is 0 Å². The summed E-state index contributed by atoms with van der Waals surface area (Å²) < 4.78 is 5.09. The first-order valence-corrected chi connectivity index (χ1v) is 13.8. The molecular formula is C30H46O5. The first-order chi connectivity index (χ1) is 16.3. The van der Waals surface area contributed by atoms with Crippen molar-refractivity contribution in [2.45, 2.75) is 92.3 Å². The molecule has 5 heteroatoms. The van der Waals surface area contributed by atoms with E-state index in [0.29, 0.717) is 35.2 Å². The highest BCUT2D eigenvalue weighted by atomic mass is 16.5. The number of esters is 1. The number of carbonyl (C=O) groups is 2. The third-order valence-corrected chi connectivity index (χ3v) is 10.8. The van der Waals surface area contributed by atoms with Crippen LogP contribution in [0, 0.1) is 52.3 Å². The minimum absolute atomic E-state index is 0.0376. The molecule has 0 spiro atoms. The lowest BCUT2D eigenvalue weighted by Gasteiger charge is -2.56. The topological polar surface area (TPSA) is 83.8 Å². The van der Waals surface area contributed by atoms with Gasteiger partial charge in [0, 0.05) is 17.4 Å². The van der Waals surface area contributed by atoms with Crippen LogP contribution in [-0.2, 0) is 14.3 Å². The molecule has 3 saturated carbocycles. The Morgan fingerprint density at radius 2 is 1.83 bits per heavy atom. The molecule has 0 aromatic heterocycles. The van der Waals surface area contributed by atoms with Crippen LogP contribution in [-0.4, -0.2) is 40.3 Å². The molecule has 0 aromatic carbocycles. The number of hydrogen-bond donors (Lipinski definition) is 2. The van der Waals surface area contributed by atoms with E-state index in [1.54, 1.807) is 13.0 Å². The van der Waals surface area contributed by atoms with Crippen LogP contribution in [0.5, 0.6) is 0 Å². The van der Waals surface area contributed by atoms with Gasteiger partial charge in [-0.05, 0) is 85.5 Å². The standard InChI is InChI=1S/C30H46O5/c1-8-35-27(33)30(34)16-29(7)22-13-14-28(6)20(19(5)10-9-18(4)17(2)3)11-12-21(28)25(22)24(31)15-23(29)26(30)32/h9-10,15,17-22,24-25,31,34H,8,11-14,16H2,1-7H3/b10-9+/t18-,19+,20+,21-,22-,24-,25-,28+,29+,30-/m0/s1. The van der Waals surface area contributed by atoms with Crippen molar-refractivity contribution in [1.29, 1.82) is 0 Å². The number of fused-ring (bicyclic) bond motifs is 5. The number of hydrogen-bond acceptors (Lipinski definition) is 5. The van der Waals surface area contributed by atoms with Crippen LogP contribution in [0.3, 0.4) is 0 Å². The van der Waals surface area contributed by atoms with E-state index in [2.05, 4.69) is 46.8 Å². The molecule has 0 amide bonds. The lowest BCUT2D eigenvalue weighted by molar-refractivity contribution is -0.169. The number of aliphatic hydroxyl groups excluding tert-OH is 1. The predicted octanol–water partition coefficient (Wildman–Crippen LogP) is 5.10. The Bertz CT molecular complexity index is 920. The Morgan fingerprint density at radius 1 is 1.14 bits per heavy atom. The van der Waals surface area contributed by atoms with E-state index in [-0.39, 0.29) is 30.3 Å². The third kappa shape index (κ3) is 3.96. The first kappa shape index (κ1) is 26.6. The zero-order chi connectivity index (χ0) is 25.9. The van der Waals surface area contributed by atoms with Gasteiger partial charge in [-0.3, -0.25) is 4.79 Å². The Morgan fingerprint density at radius 3 is 2.46 bits per heavy atom. The monoisotopic (exact) mass is 486 g/mol. The van der Waals surface area contributed by atoms with Crippen molar-refractivity contribution >= 4 is 11.8 Å². The molecule has 0 aliphatic heterocycles. The zero-order valence-electron chi connectivity index (χ0n) is 22.7. The van der Waals surface area contributed by atoms with Crippen LogP contribution >= 0.6 is 0 Å². The van der Waals surface area contributed by atoms with E-state index in [0.717, 1.165) is 25.7 Å². The highest BCUT2D eigenvalue weighted by Gasteiger charge is 2.68. The van der Waals surface area contributed by atoms with Gasteiger partial charge in [-0.25, -0.2) is 4.79 Å². The van der Waals surface area contributed by atoms with Gasteiger partial charge in [0.05, 0.1) is 12.7 Å². The van der Waals surface area contributed by atoms with Gasteiger partial charge in [0.2, 0.25) is 11.4 Å². The summed E-state index contributed by atoms with van der Waals surface area (Å²) in [5.74, 6) is 1.26. The Balaban J connectivity index is 1.61. The SMILES string of the molecule is CCOC(=O)[C@]1(O)C[C@@]2(C)C(=C[C@H](O)[C@H]3[C@@H]4CC[C@H]([C@H](C)/C=C/[C@H](C)C(C)C)[C@@]4(C)CC[C@@H]32)C1=O. The molecule has 0 heterocycles. The summed E-state index contributed by atoms with van der Waals surface area (Å²) in [6.45, 7) is 15.4. The molecule has 0 unspecified atom stereocenters. The van der Waals surface area contributed by atoms with Crippen LogP contribution < -0.4 is 0 Å². The molecule has 5 nitrogen and oxygen atoms in total. The summed E-state index contributed by atoms with van der Waals surface area (Å²) in [5.41, 5.74) is -2.20. The van der Waals surface area contributed by atoms with E-state index >= 15 is 0 Å². The molecule has 196 valence electrons. The Hall–Kier alpha value is -1.46. The summed E-state index contributed by atoms with van der Waals surface area (Å²) in [4.78, 5) is 25.9. The molecule has 0 saturated heterocycles. The lowest BCUT2D eigenvalue weighted by Crippen LogP contribution is -2.53. The molecule has 2 N–H and O–H groups in total. The average molecular weight is 487 g/mol. The number of ether oxygens (including phenoxy) is 1. The molecule has 4 rings (SSSR count). The molecular weight excluding hydrogens is 440 g/mol. The molecule has 3 fully saturated rings. The van der Waals surface area contributed by atoms with Crippen molar-refractivity contribution in [2.75, 3.05) is 6.61 Å². The summed E-state index contributed by atoms with van der Waals surface area (Å²) in [6, 6.07) is 0. The molecule has 4 aliphatic rings. The number of Topliss-reactive ketones (excluding diaryl/α,β-unsaturated/α-hetero) is 1. The van der Waals surface area contributed by atoms with E-state index in [4.69, 9.17) is 4.74 Å². The Labute approximate surface area is 211 Å². The summed E-state index contributed by atoms with van der Waals surface area (Å²) in [7, 11) is 0. The van der Waals surface area contributed by atoms with E-state index in [1.807, 2.05) is 6.92 Å². The van der Waals surface area contributed by atoms with Crippen molar-refractivity contribution in [3.63, 3.8) is 0 Å². The van der Waals surface area contributed by atoms with Gasteiger partial charge in [-0.2, -0.15) is 0 Å². The molecule has 0 aromatic rings. The largest absolute Gasteiger partial charge is 0.464 e. The van der Waals surface area contributed by atoms with Gasteiger partial charge < -0.3 is 14.9 Å². The molecule has 4 aliphatic carbocycles. The summed E-state index contributed by atoms with van der Waals surface area (Å²) >= 11 is 0. The maximum Gasteiger partial charge on any atom is 0.346 e. The highest BCUT2D eigenvalue weighted by molar-refractivity contribution is 6.18. The quantitative estimate of drug-likeness (QED) is 0.310. The van der Waals surface area contributed by atoms with Crippen molar-refractivity contribution in [3.05, 3.63) is 23.8 Å². The highest BCUT2D eigenvalue weighted by Crippen LogP contribution is 2.68. The van der Waals surface area contributed by atoms with Gasteiger partial charge >= 0.3 is 5.97 Å². The second-order valence-corrected chi connectivity index (χ2v) is 12.9. The van der Waals surface area contributed by atoms with Gasteiger partial charge in [0.1, 0.15) is 0 Å². The van der Waals surface area contributed by atoms with Gasteiger partial charge in [0.15, 0.2) is 0 Å². The fourth-order valence-corrected chi connectivity index (χ4v) is 8.51. The van der Waals surface area contributed by atoms with E-state index < -0.39 is 28.9 Å². The maximum absolute atomic E-state index is 13.3. The van der Waals surface area contributed by atoms with Crippen molar-refractivity contribution in [1.82, 2.24) is 0 Å². The average Bonchev–Trinajstić information content (AvgIpc) is 3.24. The number of aliphatic hydroxyl groups is 2. The van der Waals surface area contributed by atoms with E-state index in [9.17, 15) is 19.8 Å². The Kier molecular flexibility index (Phi) is 6.94. The minimum atomic E-state index is -2.14. The maximum atomic E-state index is 13.3. The molecule has 0 bridgehead atoms. The van der Waals surface area contributed by atoms with Gasteiger partial charge in [-0.1, -0.05) is 53.7 Å². The number of carbonyl (C=O) groups excluding carboxylic acids is 2. The molecule has 35 heavy (non-hydrogen) atoms. The van der Waals surface area contributed by atoms with Gasteiger partial charge in [-0.15, -0.1) is 0 Å². The second kappa shape index (κ2) is 9.13. The molecule has 10 atom stereocenters. The third-order valence-electron chi connectivity index (χ3n) is 10.8. The first-order valence-electron chi connectivity index (χ1n) is 13.8. The van der Waals surface area contributed by atoms with Crippen LogP contribution in [0.1, 0.15) is 80.6 Å². The second-order valence-electron chi connectivity index (χ2n) is 12.9. The summed E-state index contributed by atoms with van der Waals surface area (Å²) in [5, 5.41) is 22.6. The van der Waals surface area contributed by atoms with E-state index in [1.165, 1.54) is 0 Å². The number of ketones is 1. The van der Waals surface area contributed by atoms with Crippen molar-refractivity contribution in [3.8, 4) is 0 Å². The minimum Gasteiger partial charge on any atom is -0.464 e. The smallest absolute Gasteiger partial charge is 0.346 e. The van der Waals surface area contributed by atoms with Crippen molar-refractivity contribution in [2.24, 2.45) is 52.3 Å². The summed E-state index contributed by atoms with van der Waals surface area (Å²) in [6.07, 6.45) is 9.96. The zero-order valence-corrected chi connectivity index (χ0v) is 22.7. The van der Waals surface area contributed by atoms with Gasteiger partial charge in [0.25, 0.3) is 0 Å². The van der Waals surface area contributed by atoms with Crippen LogP contribution in [0.15, 0.2) is 23.8 Å². The number of rotatable bonds is 6. The van der Waals surface area contributed by atoms with Crippen molar-refractivity contribution < 1.29 is 24.5 Å². The number of allylic oxidation sites excluding steroid dienone is 2. The molecule has 0 radical (unpaired) electrons. The fraction of sp³-hybridized carbons (Fsp3) is 0.800. The van der Waals surface area contributed by atoms with Crippen LogP contribution in [0.25, 0.3) is 0 Å². The van der Waals surface area contributed by atoms with Crippen LogP contribution in [0.4, 0.5) is 0 Å².